The van der Waals surface area contributed by atoms with Crippen molar-refractivity contribution in [3.05, 3.63) is 35.4 Å². The van der Waals surface area contributed by atoms with Gasteiger partial charge in [0.15, 0.2) is 0 Å². The van der Waals surface area contributed by atoms with E-state index in [-0.39, 0.29) is 13.2 Å². The number of rotatable bonds is 4. The second kappa shape index (κ2) is 7.70. The number of alkyl halides is 3. The van der Waals surface area contributed by atoms with Gasteiger partial charge in [-0.2, -0.15) is 13.2 Å². The molecular weight excluding hydrogens is 283 g/mol. The van der Waals surface area contributed by atoms with Crippen LogP contribution in [0.3, 0.4) is 0 Å². The molecule has 0 saturated heterocycles. The van der Waals surface area contributed by atoms with E-state index in [9.17, 15) is 18.0 Å². The van der Waals surface area contributed by atoms with Crippen molar-refractivity contribution in [2.45, 2.75) is 25.6 Å². The van der Waals surface area contributed by atoms with E-state index in [2.05, 4.69) is 11.8 Å². The van der Waals surface area contributed by atoms with E-state index in [4.69, 9.17) is 5.11 Å². The van der Waals surface area contributed by atoms with Crippen LogP contribution < -0.4 is 0 Å². The van der Waals surface area contributed by atoms with E-state index < -0.39 is 24.9 Å². The summed E-state index contributed by atoms with van der Waals surface area (Å²) >= 11 is 0. The lowest BCUT2D eigenvalue weighted by Gasteiger charge is -2.18. The third kappa shape index (κ3) is 6.82. The van der Waals surface area contributed by atoms with Crippen LogP contribution in [0.2, 0.25) is 0 Å². The molecule has 0 aliphatic heterocycles. The predicted molar refractivity (Wildman–Crippen MR) is 72.2 cm³/mol. The Labute approximate surface area is 121 Å². The molecule has 0 fully saturated rings. The Morgan fingerprint density at radius 2 is 2.10 bits per heavy atom. The topological polar surface area (TPSA) is 40.5 Å². The molecule has 0 saturated carbocycles. The number of halogens is 3. The standard InChI is InChI=1S/C15H16F3NO2/c1-19(14(21)7-8-15(16,17)18)11-13-5-2-4-12(10-13)6-3-9-20/h2,4-5,10,20H,7-9,11H2,1H3. The molecule has 0 unspecified atom stereocenters. The van der Waals surface area contributed by atoms with Gasteiger partial charge in [0.1, 0.15) is 6.61 Å². The van der Waals surface area contributed by atoms with Crippen molar-refractivity contribution in [3.8, 4) is 11.8 Å². The highest BCUT2D eigenvalue weighted by Crippen LogP contribution is 2.22. The van der Waals surface area contributed by atoms with Gasteiger partial charge in [0.2, 0.25) is 5.91 Å². The quantitative estimate of drug-likeness (QED) is 0.867. The molecule has 114 valence electrons. The number of hydrogen-bond donors (Lipinski definition) is 1. The van der Waals surface area contributed by atoms with E-state index in [0.717, 1.165) is 5.56 Å². The van der Waals surface area contributed by atoms with Crippen molar-refractivity contribution in [1.29, 1.82) is 0 Å². The smallest absolute Gasteiger partial charge is 0.384 e. The third-order valence-corrected chi connectivity index (χ3v) is 2.71. The van der Waals surface area contributed by atoms with Crippen molar-refractivity contribution >= 4 is 5.91 Å². The summed E-state index contributed by atoms with van der Waals surface area (Å²) in [5.74, 6) is 4.68. The van der Waals surface area contributed by atoms with Crippen LogP contribution in [0.4, 0.5) is 13.2 Å². The number of carbonyl (C=O) groups is 1. The summed E-state index contributed by atoms with van der Waals surface area (Å²) in [6.07, 6.45) is -5.99. The maximum absolute atomic E-state index is 12.1. The minimum absolute atomic E-state index is 0.214. The lowest BCUT2D eigenvalue weighted by Crippen LogP contribution is -2.27. The van der Waals surface area contributed by atoms with Gasteiger partial charge in [-0.05, 0) is 17.7 Å². The molecular formula is C15H16F3NO2. The highest BCUT2D eigenvalue weighted by atomic mass is 19.4. The van der Waals surface area contributed by atoms with E-state index >= 15 is 0 Å². The van der Waals surface area contributed by atoms with Gasteiger partial charge < -0.3 is 10.0 Å². The molecule has 0 aromatic heterocycles. The molecule has 1 N–H and O–H groups in total. The lowest BCUT2D eigenvalue weighted by molar-refractivity contribution is -0.148. The monoisotopic (exact) mass is 299 g/mol. The fourth-order valence-electron chi connectivity index (χ4n) is 1.69. The average Bonchev–Trinajstić information content (AvgIpc) is 2.42. The number of benzene rings is 1. The van der Waals surface area contributed by atoms with Crippen molar-refractivity contribution in [2.75, 3.05) is 13.7 Å². The van der Waals surface area contributed by atoms with E-state index in [0.29, 0.717) is 5.56 Å². The van der Waals surface area contributed by atoms with Gasteiger partial charge in [-0.1, -0.05) is 24.0 Å². The zero-order valence-electron chi connectivity index (χ0n) is 11.6. The zero-order chi connectivity index (χ0) is 15.9. The van der Waals surface area contributed by atoms with Gasteiger partial charge >= 0.3 is 6.18 Å². The van der Waals surface area contributed by atoms with Crippen LogP contribution in [0.5, 0.6) is 0 Å². The number of aliphatic hydroxyl groups excluding tert-OH is 1. The van der Waals surface area contributed by atoms with Crippen LogP contribution in [0.25, 0.3) is 0 Å². The summed E-state index contributed by atoms with van der Waals surface area (Å²) < 4.78 is 36.2. The predicted octanol–water partition coefficient (Wildman–Crippen LogP) is 2.33. The first-order valence-electron chi connectivity index (χ1n) is 6.31. The maximum Gasteiger partial charge on any atom is 0.389 e. The first kappa shape index (κ1) is 17.1. The van der Waals surface area contributed by atoms with Crippen molar-refractivity contribution in [2.24, 2.45) is 0 Å². The summed E-state index contributed by atoms with van der Waals surface area (Å²) in [5, 5.41) is 8.62. The molecule has 6 heteroatoms. The summed E-state index contributed by atoms with van der Waals surface area (Å²) in [4.78, 5) is 12.9. The molecule has 21 heavy (non-hydrogen) atoms. The number of nitrogens with zero attached hydrogens (tertiary/aromatic N) is 1. The second-order valence-electron chi connectivity index (χ2n) is 4.53. The minimum atomic E-state index is -4.32. The van der Waals surface area contributed by atoms with E-state index in [1.54, 1.807) is 24.3 Å². The summed E-state index contributed by atoms with van der Waals surface area (Å²) in [6, 6.07) is 6.98. The van der Waals surface area contributed by atoms with Gasteiger partial charge in [-0.15, -0.1) is 0 Å². The Morgan fingerprint density at radius 3 is 2.71 bits per heavy atom. The van der Waals surface area contributed by atoms with E-state index in [1.807, 2.05) is 0 Å². The molecule has 0 radical (unpaired) electrons. The molecule has 0 aliphatic carbocycles. The normalized spacial score (nSPS) is 10.7. The highest BCUT2D eigenvalue weighted by molar-refractivity contribution is 5.75. The molecule has 0 atom stereocenters. The Balaban J connectivity index is 2.62. The van der Waals surface area contributed by atoms with Gasteiger partial charge in [0.25, 0.3) is 0 Å². The maximum atomic E-state index is 12.1. The van der Waals surface area contributed by atoms with Crippen LogP contribution in [0, 0.1) is 11.8 Å². The summed E-state index contributed by atoms with van der Waals surface area (Å²) in [5.41, 5.74) is 1.44. The number of hydrogen-bond acceptors (Lipinski definition) is 2. The highest BCUT2D eigenvalue weighted by Gasteiger charge is 2.28. The molecule has 0 bridgehead atoms. The van der Waals surface area contributed by atoms with Crippen molar-refractivity contribution in [3.63, 3.8) is 0 Å². The largest absolute Gasteiger partial charge is 0.389 e. The van der Waals surface area contributed by atoms with Crippen LogP contribution in [0.1, 0.15) is 24.0 Å². The fourth-order valence-corrected chi connectivity index (χ4v) is 1.69. The molecule has 3 nitrogen and oxygen atoms in total. The number of aliphatic hydroxyl groups is 1. The first-order valence-corrected chi connectivity index (χ1v) is 6.31. The van der Waals surface area contributed by atoms with Crippen molar-refractivity contribution < 1.29 is 23.1 Å². The van der Waals surface area contributed by atoms with Crippen LogP contribution in [-0.4, -0.2) is 35.7 Å². The van der Waals surface area contributed by atoms with Crippen molar-refractivity contribution in [1.82, 2.24) is 4.90 Å². The Hall–Kier alpha value is -2.00. The Bertz CT molecular complexity index is 544. The summed E-state index contributed by atoms with van der Waals surface area (Å²) in [6.45, 7) is -0.0363. The van der Waals surface area contributed by atoms with Gasteiger partial charge in [-0.25, -0.2) is 0 Å². The SMILES string of the molecule is CN(Cc1cccc(C#CCO)c1)C(=O)CCC(F)(F)F. The first-order chi connectivity index (χ1) is 9.81. The molecule has 0 heterocycles. The Morgan fingerprint density at radius 1 is 1.38 bits per heavy atom. The van der Waals surface area contributed by atoms with Gasteiger partial charge in [-0.3, -0.25) is 4.79 Å². The third-order valence-electron chi connectivity index (χ3n) is 2.71. The summed E-state index contributed by atoms with van der Waals surface area (Å²) in [7, 11) is 1.46. The van der Waals surface area contributed by atoms with E-state index in [1.165, 1.54) is 11.9 Å². The average molecular weight is 299 g/mol. The minimum Gasteiger partial charge on any atom is -0.384 e. The fraction of sp³-hybridized carbons (Fsp3) is 0.400. The Kier molecular flexibility index (Phi) is 6.25. The molecule has 0 aliphatic rings. The van der Waals surface area contributed by atoms with Gasteiger partial charge in [0.05, 0.1) is 6.42 Å². The van der Waals surface area contributed by atoms with Crippen LogP contribution >= 0.6 is 0 Å². The van der Waals surface area contributed by atoms with Crippen LogP contribution in [-0.2, 0) is 11.3 Å². The lowest BCUT2D eigenvalue weighted by atomic mass is 10.1. The zero-order valence-corrected chi connectivity index (χ0v) is 11.6. The van der Waals surface area contributed by atoms with Crippen LogP contribution in [0.15, 0.2) is 24.3 Å². The van der Waals surface area contributed by atoms with Gasteiger partial charge in [0, 0.05) is 25.6 Å². The number of amides is 1. The number of carbonyl (C=O) groups excluding carboxylic acids is 1. The second-order valence-corrected chi connectivity index (χ2v) is 4.53. The molecule has 1 rings (SSSR count). The molecule has 1 aromatic rings. The molecule has 1 amide bonds. The molecule has 0 spiro atoms. The molecule has 1 aromatic carbocycles.